The molecule has 2 N–H and O–H groups in total. The topological polar surface area (TPSA) is 29.3 Å². The SMILES string of the molecule is CC(C)(C)C1CCC(CN)C(N2CCc3sccc3C2)C1. The Hall–Kier alpha value is -0.380. The van der Waals surface area contributed by atoms with Gasteiger partial charge in [-0.15, -0.1) is 11.3 Å². The van der Waals surface area contributed by atoms with E-state index in [-0.39, 0.29) is 0 Å². The first-order valence-electron chi connectivity index (χ1n) is 8.48. The van der Waals surface area contributed by atoms with E-state index in [2.05, 4.69) is 37.1 Å². The Labute approximate surface area is 133 Å². The highest BCUT2D eigenvalue weighted by Gasteiger charge is 2.38. The molecule has 0 radical (unpaired) electrons. The monoisotopic (exact) mass is 306 g/mol. The second kappa shape index (κ2) is 6.02. The van der Waals surface area contributed by atoms with E-state index in [1.54, 1.807) is 10.4 Å². The van der Waals surface area contributed by atoms with Gasteiger partial charge in [0, 0.05) is 24.0 Å². The molecule has 1 aromatic heterocycles. The lowest BCUT2D eigenvalue weighted by atomic mass is 9.67. The van der Waals surface area contributed by atoms with E-state index in [0.29, 0.717) is 17.4 Å². The molecule has 3 unspecified atom stereocenters. The highest BCUT2D eigenvalue weighted by Crippen LogP contribution is 2.42. The normalized spacial score (nSPS) is 31.1. The summed E-state index contributed by atoms with van der Waals surface area (Å²) in [6.45, 7) is 10.5. The summed E-state index contributed by atoms with van der Waals surface area (Å²) in [6, 6.07) is 3.02. The van der Waals surface area contributed by atoms with E-state index in [9.17, 15) is 0 Å². The third kappa shape index (κ3) is 3.20. The molecule has 1 aliphatic carbocycles. The largest absolute Gasteiger partial charge is 0.330 e. The van der Waals surface area contributed by atoms with Gasteiger partial charge in [-0.2, -0.15) is 0 Å². The van der Waals surface area contributed by atoms with E-state index in [0.717, 1.165) is 19.0 Å². The van der Waals surface area contributed by atoms with Crippen LogP contribution in [0.5, 0.6) is 0 Å². The molecule has 2 nitrogen and oxygen atoms in total. The second-order valence-electron chi connectivity index (χ2n) is 8.03. The zero-order valence-electron chi connectivity index (χ0n) is 13.8. The average molecular weight is 307 g/mol. The van der Waals surface area contributed by atoms with Crippen LogP contribution in [0.15, 0.2) is 11.4 Å². The smallest absolute Gasteiger partial charge is 0.0247 e. The van der Waals surface area contributed by atoms with Crippen LogP contribution in [0.4, 0.5) is 0 Å². The van der Waals surface area contributed by atoms with Gasteiger partial charge in [0.1, 0.15) is 0 Å². The van der Waals surface area contributed by atoms with Gasteiger partial charge in [-0.3, -0.25) is 4.90 Å². The molecule has 1 aromatic rings. The van der Waals surface area contributed by atoms with Crippen LogP contribution in [-0.4, -0.2) is 24.0 Å². The van der Waals surface area contributed by atoms with Crippen LogP contribution in [0.2, 0.25) is 0 Å². The third-order valence-electron chi connectivity index (χ3n) is 5.79. The zero-order valence-corrected chi connectivity index (χ0v) is 14.6. The van der Waals surface area contributed by atoms with Gasteiger partial charge in [0.15, 0.2) is 0 Å². The van der Waals surface area contributed by atoms with E-state index in [1.165, 1.54) is 32.2 Å². The van der Waals surface area contributed by atoms with Crippen molar-refractivity contribution in [3.05, 3.63) is 21.9 Å². The molecule has 0 bridgehead atoms. The van der Waals surface area contributed by atoms with Crippen LogP contribution in [0.3, 0.4) is 0 Å². The van der Waals surface area contributed by atoms with Crippen LogP contribution in [0.1, 0.15) is 50.5 Å². The highest BCUT2D eigenvalue weighted by molar-refractivity contribution is 7.10. The van der Waals surface area contributed by atoms with E-state index >= 15 is 0 Å². The molecule has 21 heavy (non-hydrogen) atoms. The molecule has 3 atom stereocenters. The lowest BCUT2D eigenvalue weighted by Gasteiger charge is -2.47. The van der Waals surface area contributed by atoms with Crippen LogP contribution < -0.4 is 5.73 Å². The van der Waals surface area contributed by atoms with Gasteiger partial charge < -0.3 is 5.73 Å². The van der Waals surface area contributed by atoms with Gasteiger partial charge in [-0.05, 0) is 66.5 Å². The summed E-state index contributed by atoms with van der Waals surface area (Å²) >= 11 is 1.93. The van der Waals surface area contributed by atoms with Gasteiger partial charge in [0.05, 0.1) is 0 Å². The van der Waals surface area contributed by atoms with Crippen molar-refractivity contribution < 1.29 is 0 Å². The Kier molecular flexibility index (Phi) is 4.45. The predicted octanol–water partition coefficient (Wildman–Crippen LogP) is 3.90. The van der Waals surface area contributed by atoms with Crippen molar-refractivity contribution in [3.63, 3.8) is 0 Å². The molecule has 0 spiro atoms. The summed E-state index contributed by atoms with van der Waals surface area (Å²) < 4.78 is 0. The standard InChI is InChI=1S/C18H30N2S/c1-18(2,3)15-5-4-13(11-19)16(10-15)20-8-6-17-14(12-20)7-9-21-17/h7,9,13,15-16H,4-6,8,10-12,19H2,1-3H3. The minimum Gasteiger partial charge on any atom is -0.330 e. The summed E-state index contributed by atoms with van der Waals surface area (Å²) in [4.78, 5) is 4.35. The highest BCUT2D eigenvalue weighted by atomic mass is 32.1. The third-order valence-corrected chi connectivity index (χ3v) is 6.81. The number of rotatable bonds is 2. The predicted molar refractivity (Wildman–Crippen MR) is 91.6 cm³/mol. The number of thiophene rings is 1. The molecule has 0 saturated heterocycles. The summed E-state index contributed by atoms with van der Waals surface area (Å²) in [7, 11) is 0. The van der Waals surface area contributed by atoms with Gasteiger partial charge in [0.25, 0.3) is 0 Å². The fraction of sp³-hybridized carbons (Fsp3) is 0.778. The lowest BCUT2D eigenvalue weighted by Crippen LogP contribution is -2.49. The van der Waals surface area contributed by atoms with Crippen molar-refractivity contribution >= 4 is 11.3 Å². The molecule has 1 aliphatic heterocycles. The fourth-order valence-electron chi connectivity index (χ4n) is 4.27. The van der Waals surface area contributed by atoms with Crippen molar-refractivity contribution in [2.45, 2.75) is 59.0 Å². The maximum atomic E-state index is 6.10. The average Bonchev–Trinajstić information content (AvgIpc) is 2.93. The molecule has 1 saturated carbocycles. The first-order valence-corrected chi connectivity index (χ1v) is 9.36. The number of nitrogens with two attached hydrogens (primary N) is 1. The maximum absolute atomic E-state index is 6.10. The van der Waals surface area contributed by atoms with Crippen molar-refractivity contribution in [2.75, 3.05) is 13.1 Å². The molecular formula is C18H30N2S. The Morgan fingerprint density at radius 3 is 2.86 bits per heavy atom. The molecule has 0 amide bonds. The summed E-state index contributed by atoms with van der Waals surface area (Å²) in [5.41, 5.74) is 8.11. The summed E-state index contributed by atoms with van der Waals surface area (Å²) in [5, 5.41) is 2.26. The number of nitrogens with zero attached hydrogens (tertiary/aromatic N) is 1. The van der Waals surface area contributed by atoms with Gasteiger partial charge >= 0.3 is 0 Å². The Morgan fingerprint density at radius 1 is 1.33 bits per heavy atom. The maximum Gasteiger partial charge on any atom is 0.0247 e. The Balaban J connectivity index is 1.75. The number of hydrogen-bond donors (Lipinski definition) is 1. The molecule has 2 heterocycles. The van der Waals surface area contributed by atoms with E-state index in [1.807, 2.05) is 11.3 Å². The molecule has 118 valence electrons. The van der Waals surface area contributed by atoms with Crippen LogP contribution in [0.25, 0.3) is 0 Å². The Morgan fingerprint density at radius 2 is 2.14 bits per heavy atom. The van der Waals surface area contributed by atoms with Gasteiger partial charge in [0.2, 0.25) is 0 Å². The second-order valence-corrected chi connectivity index (χ2v) is 9.03. The molecule has 1 fully saturated rings. The number of fused-ring (bicyclic) bond motifs is 1. The zero-order chi connectivity index (χ0) is 15.0. The van der Waals surface area contributed by atoms with Crippen molar-refractivity contribution in [2.24, 2.45) is 23.0 Å². The minimum absolute atomic E-state index is 0.432. The van der Waals surface area contributed by atoms with Crippen LogP contribution in [0, 0.1) is 17.3 Å². The molecular weight excluding hydrogens is 276 g/mol. The minimum atomic E-state index is 0.432. The van der Waals surface area contributed by atoms with Crippen LogP contribution >= 0.6 is 11.3 Å². The van der Waals surface area contributed by atoms with Gasteiger partial charge in [-0.25, -0.2) is 0 Å². The fourth-order valence-corrected chi connectivity index (χ4v) is 5.16. The van der Waals surface area contributed by atoms with Gasteiger partial charge in [-0.1, -0.05) is 20.8 Å². The quantitative estimate of drug-likeness (QED) is 0.898. The molecule has 0 aromatic carbocycles. The van der Waals surface area contributed by atoms with Crippen molar-refractivity contribution in [1.29, 1.82) is 0 Å². The first-order chi connectivity index (χ1) is 9.99. The molecule has 2 aliphatic rings. The van der Waals surface area contributed by atoms with Crippen molar-refractivity contribution in [3.8, 4) is 0 Å². The van der Waals surface area contributed by atoms with E-state index in [4.69, 9.17) is 5.73 Å². The van der Waals surface area contributed by atoms with Crippen molar-refractivity contribution in [1.82, 2.24) is 4.90 Å². The number of hydrogen-bond acceptors (Lipinski definition) is 3. The summed E-state index contributed by atoms with van der Waals surface area (Å²) in [5.74, 6) is 1.54. The summed E-state index contributed by atoms with van der Waals surface area (Å²) in [6.07, 6.45) is 5.25. The van der Waals surface area contributed by atoms with Crippen LogP contribution in [-0.2, 0) is 13.0 Å². The van der Waals surface area contributed by atoms with E-state index < -0.39 is 0 Å². The molecule has 3 rings (SSSR count). The Bertz CT molecular complexity index is 474. The first kappa shape index (κ1) is 15.5. The molecule has 3 heteroatoms. The lowest BCUT2D eigenvalue weighted by molar-refractivity contribution is 0.0380.